The highest BCUT2D eigenvalue weighted by Crippen LogP contribution is 2.43. The molecule has 150 valence electrons. The second kappa shape index (κ2) is 7.58. The van der Waals surface area contributed by atoms with Crippen LogP contribution in [0, 0.1) is 10.1 Å². The topological polar surface area (TPSA) is 120 Å². The van der Waals surface area contributed by atoms with E-state index in [1.807, 2.05) is 34.9 Å². The predicted octanol–water partition coefficient (Wildman–Crippen LogP) is 3.11. The molecule has 0 saturated heterocycles. The van der Waals surface area contributed by atoms with E-state index in [9.17, 15) is 18.5 Å². The summed E-state index contributed by atoms with van der Waals surface area (Å²) < 4.78 is 28.1. The zero-order valence-corrected chi connectivity index (χ0v) is 17.0. The Morgan fingerprint density at radius 3 is 2.52 bits per heavy atom. The Morgan fingerprint density at radius 1 is 1.17 bits per heavy atom. The molecule has 0 spiro atoms. The van der Waals surface area contributed by atoms with Crippen molar-refractivity contribution in [3.05, 3.63) is 64.5 Å². The number of aromatic nitrogens is 3. The SMILES string of the molecule is CNS(=O)(=O)c1ccc(Sc2nnc(C3CC3)n2-c2ccccc2)c([N+](=O)[O-])c1. The normalized spacial score (nSPS) is 14.1. The molecule has 3 aromatic rings. The van der Waals surface area contributed by atoms with Crippen molar-refractivity contribution < 1.29 is 13.3 Å². The van der Waals surface area contributed by atoms with Gasteiger partial charge >= 0.3 is 0 Å². The lowest BCUT2D eigenvalue weighted by molar-refractivity contribution is -0.388. The lowest BCUT2D eigenvalue weighted by Gasteiger charge is -2.10. The van der Waals surface area contributed by atoms with Crippen molar-refractivity contribution in [1.29, 1.82) is 0 Å². The lowest BCUT2D eigenvalue weighted by atomic mass is 10.3. The fourth-order valence-electron chi connectivity index (χ4n) is 2.88. The molecule has 1 N–H and O–H groups in total. The lowest BCUT2D eigenvalue weighted by Crippen LogP contribution is -2.18. The molecular formula is C18H17N5O4S2. The van der Waals surface area contributed by atoms with Crippen molar-refractivity contribution in [2.45, 2.75) is 33.7 Å². The van der Waals surface area contributed by atoms with Gasteiger partial charge in [0.1, 0.15) is 5.82 Å². The summed E-state index contributed by atoms with van der Waals surface area (Å²) in [7, 11) is -2.54. The van der Waals surface area contributed by atoms with E-state index in [1.54, 1.807) is 0 Å². The predicted molar refractivity (Wildman–Crippen MR) is 107 cm³/mol. The number of nitrogens with zero attached hydrogens (tertiary/aromatic N) is 4. The summed E-state index contributed by atoms with van der Waals surface area (Å²) >= 11 is 1.09. The molecule has 9 nitrogen and oxygen atoms in total. The zero-order chi connectivity index (χ0) is 20.6. The molecule has 0 amide bonds. The molecule has 2 aromatic carbocycles. The second-order valence-electron chi connectivity index (χ2n) is 6.48. The second-order valence-corrected chi connectivity index (χ2v) is 9.38. The van der Waals surface area contributed by atoms with Gasteiger partial charge in [-0.2, -0.15) is 0 Å². The molecule has 0 aliphatic heterocycles. The Hall–Kier alpha value is -2.76. The van der Waals surface area contributed by atoms with Crippen LogP contribution in [-0.2, 0) is 10.0 Å². The molecule has 1 aliphatic carbocycles. The largest absolute Gasteiger partial charge is 0.284 e. The zero-order valence-electron chi connectivity index (χ0n) is 15.3. The van der Waals surface area contributed by atoms with Crippen LogP contribution in [0.25, 0.3) is 5.69 Å². The van der Waals surface area contributed by atoms with Gasteiger partial charge in [0.05, 0.1) is 14.7 Å². The minimum absolute atomic E-state index is 0.167. The minimum atomic E-state index is -3.79. The van der Waals surface area contributed by atoms with E-state index < -0.39 is 14.9 Å². The molecule has 1 saturated carbocycles. The summed E-state index contributed by atoms with van der Waals surface area (Å²) in [5.74, 6) is 1.16. The van der Waals surface area contributed by atoms with Gasteiger partial charge < -0.3 is 0 Å². The number of sulfonamides is 1. The van der Waals surface area contributed by atoms with Crippen LogP contribution in [0.15, 0.2) is 63.5 Å². The van der Waals surface area contributed by atoms with Crippen molar-refractivity contribution >= 4 is 27.5 Å². The van der Waals surface area contributed by atoms with Gasteiger partial charge in [-0.1, -0.05) is 18.2 Å². The number of rotatable bonds is 7. The van der Waals surface area contributed by atoms with E-state index in [1.165, 1.54) is 19.2 Å². The van der Waals surface area contributed by atoms with Gasteiger partial charge in [-0.25, -0.2) is 13.1 Å². The number of nitro benzene ring substituents is 1. The van der Waals surface area contributed by atoms with Crippen molar-refractivity contribution in [2.24, 2.45) is 0 Å². The van der Waals surface area contributed by atoms with Crippen molar-refractivity contribution in [1.82, 2.24) is 19.5 Å². The first-order chi connectivity index (χ1) is 13.9. The van der Waals surface area contributed by atoms with Crippen LogP contribution in [0.3, 0.4) is 0 Å². The fourth-order valence-corrected chi connectivity index (χ4v) is 4.57. The van der Waals surface area contributed by atoms with Crippen LogP contribution in [-0.4, -0.2) is 35.2 Å². The number of hydrogen-bond acceptors (Lipinski definition) is 7. The number of para-hydroxylation sites is 1. The number of nitrogens with one attached hydrogen (secondary N) is 1. The van der Waals surface area contributed by atoms with E-state index in [2.05, 4.69) is 14.9 Å². The molecule has 1 aromatic heterocycles. The maximum Gasteiger partial charge on any atom is 0.284 e. The molecule has 1 fully saturated rings. The van der Waals surface area contributed by atoms with Gasteiger partial charge in [-0.05, 0) is 55.9 Å². The van der Waals surface area contributed by atoms with Crippen LogP contribution < -0.4 is 4.72 Å². The summed E-state index contributed by atoms with van der Waals surface area (Å²) in [6, 6.07) is 13.4. The monoisotopic (exact) mass is 431 g/mol. The molecule has 0 atom stereocenters. The minimum Gasteiger partial charge on any atom is -0.274 e. The highest BCUT2D eigenvalue weighted by atomic mass is 32.2. The van der Waals surface area contributed by atoms with Gasteiger partial charge in [-0.3, -0.25) is 14.7 Å². The average Bonchev–Trinajstić information content (AvgIpc) is 3.49. The van der Waals surface area contributed by atoms with Gasteiger partial charge in [0.2, 0.25) is 15.2 Å². The van der Waals surface area contributed by atoms with Gasteiger partial charge in [0.15, 0.2) is 0 Å². The Morgan fingerprint density at radius 2 is 1.90 bits per heavy atom. The van der Waals surface area contributed by atoms with E-state index in [4.69, 9.17) is 0 Å². The molecule has 1 aliphatic rings. The molecule has 1 heterocycles. The maximum absolute atomic E-state index is 12.0. The molecular weight excluding hydrogens is 414 g/mol. The van der Waals surface area contributed by atoms with Crippen LogP contribution in [0.2, 0.25) is 0 Å². The van der Waals surface area contributed by atoms with Crippen molar-refractivity contribution in [3.8, 4) is 5.69 Å². The summed E-state index contributed by atoms with van der Waals surface area (Å²) in [5, 5.41) is 20.7. The highest BCUT2D eigenvalue weighted by Gasteiger charge is 2.32. The maximum atomic E-state index is 12.0. The summed E-state index contributed by atoms with van der Waals surface area (Å²) in [5.41, 5.74) is 0.570. The van der Waals surface area contributed by atoms with Crippen molar-refractivity contribution in [3.63, 3.8) is 0 Å². The van der Waals surface area contributed by atoms with E-state index in [0.29, 0.717) is 11.1 Å². The first-order valence-electron chi connectivity index (χ1n) is 8.81. The Kier molecular flexibility index (Phi) is 5.11. The molecule has 0 unspecified atom stereocenters. The van der Waals surface area contributed by atoms with Gasteiger partial charge in [0.25, 0.3) is 5.69 Å². The fraction of sp³-hybridized carbons (Fsp3) is 0.222. The summed E-state index contributed by atoms with van der Waals surface area (Å²) in [6.07, 6.45) is 2.07. The van der Waals surface area contributed by atoms with Crippen molar-refractivity contribution in [2.75, 3.05) is 7.05 Å². The smallest absolute Gasteiger partial charge is 0.274 e. The van der Waals surface area contributed by atoms with Crippen LogP contribution in [0.4, 0.5) is 5.69 Å². The standard InChI is InChI=1S/C18H17N5O4S2/c1-19-29(26,27)14-9-10-16(15(11-14)23(24)25)28-18-21-20-17(12-7-8-12)22(18)13-5-3-2-4-6-13/h2-6,9-12,19H,7-8H2,1H3. The molecule has 4 rings (SSSR count). The molecule has 0 radical (unpaired) electrons. The Labute approximate surface area is 171 Å². The van der Waals surface area contributed by atoms with Gasteiger partial charge in [-0.15, -0.1) is 10.2 Å². The summed E-state index contributed by atoms with van der Waals surface area (Å²) in [6.45, 7) is 0. The molecule has 0 bridgehead atoms. The Balaban J connectivity index is 1.78. The number of nitro groups is 1. The first kappa shape index (κ1) is 19.6. The summed E-state index contributed by atoms with van der Waals surface area (Å²) in [4.78, 5) is 11.1. The van der Waals surface area contributed by atoms with Crippen LogP contribution in [0.1, 0.15) is 24.6 Å². The van der Waals surface area contributed by atoms with Crippen LogP contribution >= 0.6 is 11.8 Å². The Bertz CT molecular complexity index is 1170. The third-order valence-corrected chi connectivity index (χ3v) is 6.95. The van der Waals surface area contributed by atoms with E-state index >= 15 is 0 Å². The van der Waals surface area contributed by atoms with E-state index in [0.717, 1.165) is 42.2 Å². The third kappa shape index (κ3) is 3.88. The number of hydrogen-bond donors (Lipinski definition) is 1. The number of benzene rings is 2. The first-order valence-corrected chi connectivity index (χ1v) is 11.1. The van der Waals surface area contributed by atoms with Gasteiger partial charge in [0, 0.05) is 17.7 Å². The quantitative estimate of drug-likeness (QED) is 0.451. The highest BCUT2D eigenvalue weighted by molar-refractivity contribution is 7.99. The van der Waals surface area contributed by atoms with Crippen LogP contribution in [0.5, 0.6) is 0 Å². The average molecular weight is 431 g/mol. The third-order valence-electron chi connectivity index (χ3n) is 4.52. The van der Waals surface area contributed by atoms with E-state index in [-0.39, 0.29) is 15.5 Å². The molecule has 11 heteroatoms. The molecule has 29 heavy (non-hydrogen) atoms.